The van der Waals surface area contributed by atoms with Crippen molar-refractivity contribution in [2.24, 2.45) is 0 Å². The molecule has 4 rings (SSSR count). The third-order valence-electron chi connectivity index (χ3n) is 4.85. The first-order valence-corrected chi connectivity index (χ1v) is 10.5. The number of nitrogens with one attached hydrogen (secondary N) is 1. The Kier molecular flexibility index (Phi) is 5.86. The molecule has 6 nitrogen and oxygen atoms in total. The SMILES string of the molecule is Cc1ccc(-c2csc(-c3ccc(CNC(=O)c4ccccc4[N+](=O)[O-])cc3)n2)cc1. The Hall–Kier alpha value is -3.84. The van der Waals surface area contributed by atoms with E-state index < -0.39 is 10.8 Å². The number of nitrogens with zero attached hydrogens (tertiary/aromatic N) is 2. The summed E-state index contributed by atoms with van der Waals surface area (Å²) in [6.45, 7) is 2.33. The normalized spacial score (nSPS) is 10.6. The quantitative estimate of drug-likeness (QED) is 0.318. The van der Waals surface area contributed by atoms with Crippen molar-refractivity contribution in [1.82, 2.24) is 10.3 Å². The molecule has 0 fully saturated rings. The molecule has 31 heavy (non-hydrogen) atoms. The van der Waals surface area contributed by atoms with Crippen molar-refractivity contribution in [3.05, 3.63) is 105 Å². The van der Waals surface area contributed by atoms with E-state index in [0.29, 0.717) is 0 Å². The summed E-state index contributed by atoms with van der Waals surface area (Å²) in [7, 11) is 0. The fourth-order valence-corrected chi connectivity index (χ4v) is 3.97. The van der Waals surface area contributed by atoms with Crippen LogP contribution in [0.1, 0.15) is 21.5 Å². The largest absolute Gasteiger partial charge is 0.348 e. The maximum Gasteiger partial charge on any atom is 0.282 e. The van der Waals surface area contributed by atoms with Crippen LogP contribution in [0.25, 0.3) is 21.8 Å². The summed E-state index contributed by atoms with van der Waals surface area (Å²) in [5.41, 5.74) is 4.98. The Morgan fingerprint density at radius 3 is 2.39 bits per heavy atom. The van der Waals surface area contributed by atoms with Crippen LogP contribution in [0.4, 0.5) is 5.69 Å². The van der Waals surface area contributed by atoms with Gasteiger partial charge in [-0.3, -0.25) is 14.9 Å². The van der Waals surface area contributed by atoms with Crippen LogP contribution < -0.4 is 5.32 Å². The van der Waals surface area contributed by atoms with Crippen LogP contribution >= 0.6 is 11.3 Å². The van der Waals surface area contributed by atoms with Crippen molar-refractivity contribution in [1.29, 1.82) is 0 Å². The third-order valence-corrected chi connectivity index (χ3v) is 5.74. The van der Waals surface area contributed by atoms with E-state index in [1.165, 1.54) is 23.8 Å². The molecule has 1 heterocycles. The predicted molar refractivity (Wildman–Crippen MR) is 122 cm³/mol. The van der Waals surface area contributed by atoms with E-state index in [4.69, 9.17) is 4.98 Å². The van der Waals surface area contributed by atoms with Gasteiger partial charge in [0.15, 0.2) is 0 Å². The molecule has 0 spiro atoms. The monoisotopic (exact) mass is 429 g/mol. The van der Waals surface area contributed by atoms with Crippen LogP contribution in [-0.4, -0.2) is 15.8 Å². The summed E-state index contributed by atoms with van der Waals surface area (Å²) >= 11 is 1.58. The number of aryl methyl sites for hydroxylation is 1. The molecule has 0 saturated carbocycles. The van der Waals surface area contributed by atoms with Crippen LogP contribution in [0.2, 0.25) is 0 Å². The summed E-state index contributed by atoms with van der Waals surface area (Å²) in [5.74, 6) is -0.473. The highest BCUT2D eigenvalue weighted by Crippen LogP contribution is 2.29. The van der Waals surface area contributed by atoms with E-state index in [1.54, 1.807) is 17.4 Å². The highest BCUT2D eigenvalue weighted by Gasteiger charge is 2.18. The minimum atomic E-state index is -0.553. The maximum atomic E-state index is 12.4. The molecular formula is C24H19N3O3S. The van der Waals surface area contributed by atoms with Crippen LogP contribution in [0.3, 0.4) is 0 Å². The topological polar surface area (TPSA) is 85.1 Å². The van der Waals surface area contributed by atoms with Crippen LogP contribution in [-0.2, 0) is 6.54 Å². The van der Waals surface area contributed by atoms with Crippen molar-refractivity contribution >= 4 is 22.9 Å². The minimum Gasteiger partial charge on any atom is -0.348 e. The van der Waals surface area contributed by atoms with E-state index >= 15 is 0 Å². The van der Waals surface area contributed by atoms with E-state index in [2.05, 4.69) is 36.5 Å². The van der Waals surface area contributed by atoms with Crippen LogP contribution in [0.15, 0.2) is 78.2 Å². The number of hydrogen-bond acceptors (Lipinski definition) is 5. The van der Waals surface area contributed by atoms with E-state index in [0.717, 1.165) is 27.4 Å². The van der Waals surface area contributed by atoms with Gasteiger partial charge in [-0.05, 0) is 18.6 Å². The first-order valence-electron chi connectivity index (χ1n) is 9.65. The van der Waals surface area contributed by atoms with Gasteiger partial charge in [-0.15, -0.1) is 11.3 Å². The van der Waals surface area contributed by atoms with Crippen LogP contribution in [0.5, 0.6) is 0 Å². The number of carbonyl (C=O) groups is 1. The zero-order chi connectivity index (χ0) is 21.8. The minimum absolute atomic E-state index is 0.0514. The number of rotatable bonds is 6. The summed E-state index contributed by atoms with van der Waals surface area (Å²) in [4.78, 5) is 27.6. The average Bonchev–Trinajstić information content (AvgIpc) is 3.28. The van der Waals surface area contributed by atoms with Crippen molar-refractivity contribution in [3.63, 3.8) is 0 Å². The number of nitro benzene ring substituents is 1. The second-order valence-corrected chi connectivity index (χ2v) is 7.92. The van der Waals surface area contributed by atoms with Gasteiger partial charge in [0.1, 0.15) is 10.6 Å². The fraction of sp³-hybridized carbons (Fsp3) is 0.0833. The number of hydrogen-bond donors (Lipinski definition) is 1. The van der Waals surface area contributed by atoms with Crippen molar-refractivity contribution in [3.8, 4) is 21.8 Å². The van der Waals surface area contributed by atoms with Gasteiger partial charge in [0, 0.05) is 29.1 Å². The molecule has 0 aliphatic rings. The lowest BCUT2D eigenvalue weighted by atomic mass is 10.1. The maximum absolute atomic E-state index is 12.4. The number of nitro groups is 1. The van der Waals surface area contributed by atoms with Gasteiger partial charge in [-0.1, -0.05) is 66.2 Å². The lowest BCUT2D eigenvalue weighted by molar-refractivity contribution is -0.385. The lowest BCUT2D eigenvalue weighted by Gasteiger charge is -2.06. The van der Waals surface area contributed by atoms with Crippen molar-refractivity contribution < 1.29 is 9.72 Å². The summed E-state index contributed by atoms with van der Waals surface area (Å²) in [5, 5.41) is 16.8. The van der Waals surface area contributed by atoms with Gasteiger partial charge in [-0.2, -0.15) is 0 Å². The third kappa shape index (κ3) is 4.67. The van der Waals surface area contributed by atoms with Gasteiger partial charge in [0.05, 0.1) is 10.6 Å². The molecule has 1 amide bonds. The molecule has 0 bridgehead atoms. The molecule has 0 unspecified atom stereocenters. The van der Waals surface area contributed by atoms with Gasteiger partial charge in [0.25, 0.3) is 11.6 Å². The fourth-order valence-electron chi connectivity index (χ4n) is 3.13. The molecule has 1 aromatic heterocycles. The first kappa shape index (κ1) is 20.4. The summed E-state index contributed by atoms with van der Waals surface area (Å²) < 4.78 is 0. The summed E-state index contributed by atoms with van der Waals surface area (Å²) in [6, 6.07) is 22.0. The van der Waals surface area contributed by atoms with Gasteiger partial charge < -0.3 is 5.32 Å². The Morgan fingerprint density at radius 2 is 1.68 bits per heavy atom. The van der Waals surface area contributed by atoms with E-state index in [1.807, 2.05) is 29.6 Å². The Morgan fingerprint density at radius 1 is 1.00 bits per heavy atom. The highest BCUT2D eigenvalue weighted by molar-refractivity contribution is 7.13. The molecule has 1 N–H and O–H groups in total. The second-order valence-electron chi connectivity index (χ2n) is 7.06. The van der Waals surface area contributed by atoms with Gasteiger partial charge in [-0.25, -0.2) is 4.98 Å². The number of amides is 1. The highest BCUT2D eigenvalue weighted by atomic mass is 32.1. The molecule has 0 saturated heterocycles. The second kappa shape index (κ2) is 8.89. The molecule has 0 aliphatic carbocycles. The Bertz CT molecular complexity index is 1230. The van der Waals surface area contributed by atoms with Gasteiger partial charge in [0.2, 0.25) is 0 Å². The standard InChI is InChI=1S/C24H19N3O3S/c1-16-6-10-18(11-7-16)21-15-31-24(26-21)19-12-8-17(9-13-19)14-25-23(28)20-4-2-3-5-22(20)27(29)30/h2-13,15H,14H2,1H3,(H,25,28). The molecule has 4 aromatic rings. The van der Waals surface area contributed by atoms with E-state index in [9.17, 15) is 14.9 Å². The lowest BCUT2D eigenvalue weighted by Crippen LogP contribution is -2.23. The van der Waals surface area contributed by atoms with Gasteiger partial charge >= 0.3 is 0 Å². The zero-order valence-corrected chi connectivity index (χ0v) is 17.6. The molecule has 154 valence electrons. The first-order chi connectivity index (χ1) is 15.0. The molecular weight excluding hydrogens is 410 g/mol. The molecule has 0 atom stereocenters. The average molecular weight is 430 g/mol. The number of aromatic nitrogens is 1. The van der Waals surface area contributed by atoms with Crippen molar-refractivity contribution in [2.45, 2.75) is 13.5 Å². The smallest absolute Gasteiger partial charge is 0.282 e. The summed E-state index contributed by atoms with van der Waals surface area (Å²) in [6.07, 6.45) is 0. The Labute approximate surface area is 183 Å². The molecule has 0 radical (unpaired) electrons. The van der Waals surface area contributed by atoms with Crippen LogP contribution in [0, 0.1) is 17.0 Å². The number of carbonyl (C=O) groups excluding carboxylic acids is 1. The van der Waals surface area contributed by atoms with Crippen molar-refractivity contribution in [2.75, 3.05) is 0 Å². The molecule has 0 aliphatic heterocycles. The molecule has 7 heteroatoms. The number of para-hydroxylation sites is 1. The number of thiazole rings is 1. The molecule has 3 aromatic carbocycles. The number of benzene rings is 3. The van der Waals surface area contributed by atoms with E-state index in [-0.39, 0.29) is 17.8 Å². The zero-order valence-electron chi connectivity index (χ0n) is 16.7. The predicted octanol–water partition coefficient (Wildman–Crippen LogP) is 5.62. The Balaban J connectivity index is 1.43.